The zero-order chi connectivity index (χ0) is 15.7. The van der Waals surface area contributed by atoms with Gasteiger partial charge in [-0.2, -0.15) is 4.31 Å². The van der Waals surface area contributed by atoms with Gasteiger partial charge >= 0.3 is 5.97 Å². The van der Waals surface area contributed by atoms with Gasteiger partial charge < -0.3 is 10.8 Å². The predicted octanol–water partition coefficient (Wildman–Crippen LogP) is 0.608. The number of carboxylic acids is 1. The van der Waals surface area contributed by atoms with Gasteiger partial charge in [-0.1, -0.05) is 37.3 Å². The van der Waals surface area contributed by atoms with Crippen LogP contribution < -0.4 is 5.73 Å². The standard InChI is InChI=1S/C14H20N2O4S/c1-11(12-5-3-2-4-6-12)9-21(19,20)16-8-7-14(15,10-16)13(17)18/h2-6,11H,7-10,15H2,1H3,(H,17,18). The van der Waals surface area contributed by atoms with Gasteiger partial charge in [0.25, 0.3) is 0 Å². The van der Waals surface area contributed by atoms with Crippen LogP contribution >= 0.6 is 0 Å². The predicted molar refractivity (Wildman–Crippen MR) is 79.4 cm³/mol. The summed E-state index contributed by atoms with van der Waals surface area (Å²) in [5, 5.41) is 9.07. The average molecular weight is 312 g/mol. The Balaban J connectivity index is 2.08. The fourth-order valence-corrected chi connectivity index (χ4v) is 4.34. The molecule has 116 valence electrons. The molecule has 3 N–H and O–H groups in total. The van der Waals surface area contributed by atoms with E-state index in [4.69, 9.17) is 10.8 Å². The summed E-state index contributed by atoms with van der Waals surface area (Å²) >= 11 is 0. The number of hydrogen-bond donors (Lipinski definition) is 2. The number of sulfonamides is 1. The second-order valence-electron chi connectivity index (χ2n) is 5.64. The molecule has 1 aliphatic heterocycles. The molecule has 1 fully saturated rings. The zero-order valence-corrected chi connectivity index (χ0v) is 12.7. The second kappa shape index (κ2) is 5.75. The molecule has 2 atom stereocenters. The normalized spacial score (nSPS) is 24.9. The van der Waals surface area contributed by atoms with Crippen molar-refractivity contribution in [3.63, 3.8) is 0 Å². The van der Waals surface area contributed by atoms with Crippen molar-refractivity contribution in [2.45, 2.75) is 24.8 Å². The maximum atomic E-state index is 12.4. The van der Waals surface area contributed by atoms with Crippen molar-refractivity contribution < 1.29 is 18.3 Å². The van der Waals surface area contributed by atoms with Crippen LogP contribution in [0.5, 0.6) is 0 Å². The molecule has 2 unspecified atom stereocenters. The highest BCUT2D eigenvalue weighted by Gasteiger charge is 2.45. The first kappa shape index (κ1) is 15.9. The summed E-state index contributed by atoms with van der Waals surface area (Å²) in [6, 6.07) is 9.37. The van der Waals surface area contributed by atoms with Gasteiger partial charge in [-0.25, -0.2) is 8.42 Å². The molecule has 1 aromatic rings. The Kier molecular flexibility index (Phi) is 4.36. The molecule has 6 nitrogen and oxygen atoms in total. The molecule has 0 aliphatic carbocycles. The van der Waals surface area contributed by atoms with Crippen LogP contribution in [0.4, 0.5) is 0 Å². The van der Waals surface area contributed by atoms with Crippen molar-refractivity contribution in [1.29, 1.82) is 0 Å². The molecule has 1 saturated heterocycles. The molecule has 21 heavy (non-hydrogen) atoms. The smallest absolute Gasteiger partial charge is 0.325 e. The first-order chi connectivity index (χ1) is 9.74. The Morgan fingerprint density at radius 3 is 2.57 bits per heavy atom. The Hall–Kier alpha value is -1.44. The number of nitrogens with two attached hydrogens (primary N) is 1. The molecular weight excluding hydrogens is 292 g/mol. The quantitative estimate of drug-likeness (QED) is 0.829. The summed E-state index contributed by atoms with van der Waals surface area (Å²) < 4.78 is 26.0. The Morgan fingerprint density at radius 1 is 1.43 bits per heavy atom. The maximum absolute atomic E-state index is 12.4. The van der Waals surface area contributed by atoms with E-state index in [9.17, 15) is 13.2 Å². The lowest BCUT2D eigenvalue weighted by atomic mass is 10.0. The van der Waals surface area contributed by atoms with Gasteiger partial charge in [0.1, 0.15) is 5.54 Å². The Bertz CT molecular complexity index is 617. The molecule has 0 saturated carbocycles. The van der Waals surface area contributed by atoms with E-state index in [0.717, 1.165) is 5.56 Å². The summed E-state index contributed by atoms with van der Waals surface area (Å²) in [7, 11) is -3.52. The van der Waals surface area contributed by atoms with Crippen LogP contribution in [0.15, 0.2) is 30.3 Å². The second-order valence-corrected chi connectivity index (χ2v) is 7.65. The van der Waals surface area contributed by atoms with Crippen LogP contribution in [-0.4, -0.2) is 48.2 Å². The average Bonchev–Trinajstić information content (AvgIpc) is 2.84. The number of aliphatic carboxylic acids is 1. The van der Waals surface area contributed by atoms with Gasteiger partial charge in [0.15, 0.2) is 0 Å². The zero-order valence-electron chi connectivity index (χ0n) is 11.9. The van der Waals surface area contributed by atoms with Crippen LogP contribution in [-0.2, 0) is 14.8 Å². The Morgan fingerprint density at radius 2 is 2.05 bits per heavy atom. The van der Waals surface area contributed by atoms with E-state index in [2.05, 4.69) is 0 Å². The van der Waals surface area contributed by atoms with E-state index in [1.807, 2.05) is 37.3 Å². The number of rotatable bonds is 5. The van der Waals surface area contributed by atoms with Gasteiger partial charge in [-0.3, -0.25) is 4.79 Å². The minimum atomic E-state index is -3.52. The van der Waals surface area contributed by atoms with E-state index in [0.29, 0.717) is 0 Å². The number of carbonyl (C=O) groups is 1. The van der Waals surface area contributed by atoms with Crippen LogP contribution in [0.2, 0.25) is 0 Å². The van der Waals surface area contributed by atoms with Crippen molar-refractivity contribution in [3.8, 4) is 0 Å². The number of carboxylic acid groups (broad SMARTS) is 1. The van der Waals surface area contributed by atoms with E-state index in [1.165, 1.54) is 4.31 Å². The lowest BCUT2D eigenvalue weighted by Gasteiger charge is -2.21. The molecule has 0 bridgehead atoms. The highest BCUT2D eigenvalue weighted by molar-refractivity contribution is 7.89. The fraction of sp³-hybridized carbons (Fsp3) is 0.500. The Labute approximate surface area is 124 Å². The third kappa shape index (κ3) is 3.42. The highest BCUT2D eigenvalue weighted by Crippen LogP contribution is 2.25. The molecule has 0 spiro atoms. The maximum Gasteiger partial charge on any atom is 0.325 e. The molecule has 1 aliphatic rings. The van der Waals surface area contributed by atoms with Crippen molar-refractivity contribution >= 4 is 16.0 Å². The summed E-state index contributed by atoms with van der Waals surface area (Å²) in [5.74, 6) is -1.36. The molecule has 1 aromatic carbocycles. The molecule has 7 heteroatoms. The van der Waals surface area contributed by atoms with Crippen LogP contribution in [0.1, 0.15) is 24.8 Å². The summed E-state index contributed by atoms with van der Waals surface area (Å²) in [6.45, 7) is 1.84. The van der Waals surface area contributed by atoms with Crippen LogP contribution in [0, 0.1) is 0 Å². The molecule has 0 radical (unpaired) electrons. The largest absolute Gasteiger partial charge is 0.480 e. The summed E-state index contributed by atoms with van der Waals surface area (Å²) in [6.07, 6.45) is 0.140. The van der Waals surface area contributed by atoms with Gasteiger partial charge in [0, 0.05) is 13.1 Å². The van der Waals surface area contributed by atoms with Gasteiger partial charge in [0.2, 0.25) is 10.0 Å². The molecule has 2 rings (SSSR count). The van der Waals surface area contributed by atoms with Gasteiger partial charge in [-0.05, 0) is 17.9 Å². The number of nitrogens with zero attached hydrogens (tertiary/aromatic N) is 1. The van der Waals surface area contributed by atoms with Crippen molar-refractivity contribution in [2.24, 2.45) is 5.73 Å². The molecule has 0 aromatic heterocycles. The summed E-state index contributed by atoms with van der Waals surface area (Å²) in [4.78, 5) is 11.1. The number of benzene rings is 1. The molecule has 0 amide bonds. The van der Waals surface area contributed by atoms with Crippen molar-refractivity contribution in [2.75, 3.05) is 18.8 Å². The van der Waals surface area contributed by atoms with Crippen LogP contribution in [0.25, 0.3) is 0 Å². The van der Waals surface area contributed by atoms with E-state index >= 15 is 0 Å². The SMILES string of the molecule is CC(CS(=O)(=O)N1CCC(N)(C(=O)O)C1)c1ccccc1. The molecule has 1 heterocycles. The van der Waals surface area contributed by atoms with Gasteiger partial charge in [0.05, 0.1) is 5.75 Å². The van der Waals surface area contributed by atoms with Crippen molar-refractivity contribution in [3.05, 3.63) is 35.9 Å². The lowest BCUT2D eigenvalue weighted by Crippen LogP contribution is -2.50. The minimum Gasteiger partial charge on any atom is -0.480 e. The van der Waals surface area contributed by atoms with Gasteiger partial charge in [-0.15, -0.1) is 0 Å². The van der Waals surface area contributed by atoms with E-state index < -0.39 is 21.5 Å². The molecular formula is C14H20N2O4S. The topological polar surface area (TPSA) is 101 Å². The van der Waals surface area contributed by atoms with Crippen molar-refractivity contribution in [1.82, 2.24) is 4.31 Å². The minimum absolute atomic E-state index is 0.0489. The lowest BCUT2D eigenvalue weighted by molar-refractivity contribution is -0.142. The third-order valence-electron chi connectivity index (χ3n) is 3.91. The number of hydrogen-bond acceptors (Lipinski definition) is 4. The highest BCUT2D eigenvalue weighted by atomic mass is 32.2. The summed E-state index contributed by atoms with van der Waals surface area (Å²) in [5.41, 5.74) is 5.20. The third-order valence-corrected chi connectivity index (χ3v) is 5.93. The van der Waals surface area contributed by atoms with E-state index in [-0.39, 0.29) is 31.2 Å². The fourth-order valence-electron chi connectivity index (χ4n) is 2.51. The first-order valence-electron chi connectivity index (χ1n) is 6.80. The monoisotopic (exact) mass is 312 g/mol. The first-order valence-corrected chi connectivity index (χ1v) is 8.40. The van der Waals surface area contributed by atoms with Crippen LogP contribution in [0.3, 0.4) is 0 Å². The van der Waals surface area contributed by atoms with E-state index in [1.54, 1.807) is 0 Å².